The van der Waals surface area contributed by atoms with E-state index in [1.54, 1.807) is 0 Å². The molecule has 0 N–H and O–H groups in total. The van der Waals surface area contributed by atoms with Crippen molar-refractivity contribution in [2.75, 3.05) is 0 Å². The van der Waals surface area contributed by atoms with Crippen LogP contribution in [0.5, 0.6) is 0 Å². The summed E-state index contributed by atoms with van der Waals surface area (Å²) < 4.78 is 0. The Balaban J connectivity index is 0.000000640. The van der Waals surface area contributed by atoms with Crippen LogP contribution >= 0.6 is 15.9 Å². The van der Waals surface area contributed by atoms with Gasteiger partial charge < -0.3 is 0 Å². The summed E-state index contributed by atoms with van der Waals surface area (Å²) in [6, 6.07) is 10.3. The highest BCUT2D eigenvalue weighted by Gasteiger charge is 1.81. The van der Waals surface area contributed by atoms with Gasteiger partial charge in [-0.2, -0.15) is 0 Å². The molecule has 0 fully saturated rings. The van der Waals surface area contributed by atoms with Gasteiger partial charge in [-0.3, -0.25) is 0 Å². The molecule has 0 aliphatic heterocycles. The first-order chi connectivity index (χ1) is 3.93. The van der Waals surface area contributed by atoms with E-state index in [9.17, 15) is 0 Å². The fraction of sp³-hybridized carbons (Fsp3) is 0.143. The summed E-state index contributed by atoms with van der Waals surface area (Å²) in [5, 5.41) is 0.952. The molecule has 0 spiro atoms. The Bertz CT molecular complexity index is 150. The number of halogens is 1. The third-order valence-corrected chi connectivity index (χ3v) is 1.64. The average molecular weight is 197 g/mol. The maximum Gasteiger partial charge on any atom is 0.316 e. The van der Waals surface area contributed by atoms with E-state index in [0.29, 0.717) is 0 Å². The van der Waals surface area contributed by atoms with Crippen LogP contribution in [-0.4, -0.2) is 23.1 Å². The average Bonchev–Trinajstić information content (AvgIpc) is 1.90. The zero-order chi connectivity index (χ0) is 5.82. The number of rotatable bonds is 1. The third kappa shape index (κ3) is 3.23. The maximum atomic E-state index is 3.36. The quantitative estimate of drug-likeness (QED) is 0.474. The summed E-state index contributed by atoms with van der Waals surface area (Å²) in [6.45, 7) is 0. The molecular formula is C7H9BrMg. The van der Waals surface area contributed by atoms with E-state index in [1.165, 1.54) is 5.56 Å². The standard InChI is InChI=1S/C7H7Br.Mg.2H/c8-6-7-4-2-1-3-5-7;;;/h1-5H,6H2;;;. The summed E-state index contributed by atoms with van der Waals surface area (Å²) in [7, 11) is 0. The highest BCUT2D eigenvalue weighted by Crippen LogP contribution is 2.02. The molecule has 0 amide bonds. The Hall–Kier alpha value is 0.466. The van der Waals surface area contributed by atoms with Crippen molar-refractivity contribution in [2.45, 2.75) is 5.33 Å². The molecule has 0 saturated carbocycles. The minimum absolute atomic E-state index is 0. The van der Waals surface area contributed by atoms with Gasteiger partial charge in [-0.25, -0.2) is 0 Å². The minimum atomic E-state index is 0. The predicted octanol–water partition coefficient (Wildman–Crippen LogP) is 1.67. The van der Waals surface area contributed by atoms with Crippen LogP contribution in [0.3, 0.4) is 0 Å². The van der Waals surface area contributed by atoms with Gasteiger partial charge in [0.2, 0.25) is 0 Å². The molecular weight excluding hydrogens is 188 g/mol. The summed E-state index contributed by atoms with van der Waals surface area (Å²) in [5.41, 5.74) is 1.33. The van der Waals surface area contributed by atoms with Crippen LogP contribution in [0.1, 0.15) is 5.56 Å². The Morgan fingerprint density at radius 2 is 1.67 bits per heavy atom. The molecule has 9 heavy (non-hydrogen) atoms. The highest BCUT2D eigenvalue weighted by atomic mass is 79.9. The van der Waals surface area contributed by atoms with E-state index in [2.05, 4.69) is 28.1 Å². The fourth-order valence-corrected chi connectivity index (χ4v) is 0.941. The van der Waals surface area contributed by atoms with E-state index in [-0.39, 0.29) is 23.1 Å². The van der Waals surface area contributed by atoms with Gasteiger partial charge in [0.05, 0.1) is 0 Å². The number of hydrogen-bond acceptors (Lipinski definition) is 0. The maximum absolute atomic E-state index is 3.36. The van der Waals surface area contributed by atoms with Crippen LogP contribution in [0.15, 0.2) is 30.3 Å². The molecule has 1 aromatic rings. The summed E-state index contributed by atoms with van der Waals surface area (Å²) in [4.78, 5) is 0. The second kappa shape index (κ2) is 5.27. The second-order valence-corrected chi connectivity index (χ2v) is 2.18. The molecule has 0 bridgehead atoms. The highest BCUT2D eigenvalue weighted by molar-refractivity contribution is 9.08. The number of hydrogen-bond donors (Lipinski definition) is 0. The van der Waals surface area contributed by atoms with Crippen molar-refractivity contribution in [3.63, 3.8) is 0 Å². The van der Waals surface area contributed by atoms with Crippen LogP contribution in [0.4, 0.5) is 0 Å². The molecule has 0 unspecified atom stereocenters. The van der Waals surface area contributed by atoms with Crippen molar-refractivity contribution in [3.8, 4) is 0 Å². The second-order valence-electron chi connectivity index (χ2n) is 1.62. The van der Waals surface area contributed by atoms with E-state index >= 15 is 0 Å². The molecule has 1 rings (SSSR count). The molecule has 46 valence electrons. The van der Waals surface area contributed by atoms with Gasteiger partial charge in [0.25, 0.3) is 0 Å². The summed E-state index contributed by atoms with van der Waals surface area (Å²) >= 11 is 3.36. The van der Waals surface area contributed by atoms with E-state index < -0.39 is 0 Å². The third-order valence-electron chi connectivity index (χ3n) is 0.997. The van der Waals surface area contributed by atoms with Crippen LogP contribution in [-0.2, 0) is 5.33 Å². The Morgan fingerprint density at radius 1 is 1.11 bits per heavy atom. The van der Waals surface area contributed by atoms with Gasteiger partial charge in [0, 0.05) is 5.33 Å². The summed E-state index contributed by atoms with van der Waals surface area (Å²) in [5.74, 6) is 0. The van der Waals surface area contributed by atoms with E-state index in [4.69, 9.17) is 0 Å². The van der Waals surface area contributed by atoms with Crippen LogP contribution in [0, 0.1) is 0 Å². The van der Waals surface area contributed by atoms with Crippen molar-refractivity contribution < 1.29 is 0 Å². The first kappa shape index (κ1) is 9.47. The number of benzene rings is 1. The predicted molar refractivity (Wildman–Crippen MR) is 47.6 cm³/mol. The largest absolute Gasteiger partial charge is 0.316 e. The van der Waals surface area contributed by atoms with Crippen molar-refractivity contribution in [1.29, 1.82) is 0 Å². The first-order valence-corrected chi connectivity index (χ1v) is 3.65. The number of alkyl halides is 1. The zero-order valence-corrected chi connectivity index (χ0v) is 6.06. The molecule has 0 heterocycles. The molecule has 0 saturated heterocycles. The zero-order valence-electron chi connectivity index (χ0n) is 4.47. The molecule has 0 atom stereocenters. The molecule has 1 aromatic carbocycles. The Labute approximate surface area is 79.9 Å². The lowest BCUT2D eigenvalue weighted by molar-refractivity contribution is 1.44. The minimum Gasteiger partial charge on any atom is -0.0876 e. The van der Waals surface area contributed by atoms with Crippen LogP contribution in [0.2, 0.25) is 0 Å². The van der Waals surface area contributed by atoms with Gasteiger partial charge in [-0.05, 0) is 5.56 Å². The normalized spacial score (nSPS) is 8.11. The molecule has 0 aromatic heterocycles. The lowest BCUT2D eigenvalue weighted by atomic mass is 10.2. The lowest BCUT2D eigenvalue weighted by Gasteiger charge is -1.88. The SMILES string of the molecule is BrCc1ccccc1.[MgH2]. The first-order valence-electron chi connectivity index (χ1n) is 2.53. The van der Waals surface area contributed by atoms with Gasteiger partial charge in [-0.15, -0.1) is 0 Å². The van der Waals surface area contributed by atoms with Gasteiger partial charge in [0.15, 0.2) is 0 Å². The summed E-state index contributed by atoms with van der Waals surface area (Å²) in [6.07, 6.45) is 0. The van der Waals surface area contributed by atoms with Gasteiger partial charge in [0.1, 0.15) is 0 Å². The Morgan fingerprint density at radius 3 is 2.00 bits per heavy atom. The van der Waals surface area contributed by atoms with E-state index in [1.807, 2.05) is 18.2 Å². The van der Waals surface area contributed by atoms with Crippen LogP contribution < -0.4 is 0 Å². The topological polar surface area (TPSA) is 0 Å². The van der Waals surface area contributed by atoms with Crippen molar-refractivity contribution in [3.05, 3.63) is 35.9 Å². The molecule has 0 nitrogen and oxygen atoms in total. The Kier molecular flexibility index (Phi) is 5.54. The molecule has 0 aliphatic carbocycles. The van der Waals surface area contributed by atoms with Crippen LogP contribution in [0.25, 0.3) is 0 Å². The smallest absolute Gasteiger partial charge is 0.0876 e. The van der Waals surface area contributed by atoms with Gasteiger partial charge in [-0.1, -0.05) is 46.3 Å². The van der Waals surface area contributed by atoms with Crippen molar-refractivity contribution >= 4 is 39.0 Å². The lowest BCUT2D eigenvalue weighted by Crippen LogP contribution is -1.70. The van der Waals surface area contributed by atoms with Crippen molar-refractivity contribution in [2.24, 2.45) is 0 Å². The fourth-order valence-electron chi connectivity index (χ4n) is 0.567. The van der Waals surface area contributed by atoms with Crippen molar-refractivity contribution in [1.82, 2.24) is 0 Å². The molecule has 0 aliphatic rings. The monoisotopic (exact) mass is 196 g/mol. The van der Waals surface area contributed by atoms with E-state index in [0.717, 1.165) is 5.33 Å². The molecule has 0 radical (unpaired) electrons. The molecule has 2 heteroatoms. The van der Waals surface area contributed by atoms with Gasteiger partial charge >= 0.3 is 23.1 Å².